The third-order valence-electron chi connectivity index (χ3n) is 3.09. The van der Waals surface area contributed by atoms with E-state index in [2.05, 4.69) is 13.8 Å². The van der Waals surface area contributed by atoms with E-state index in [1.807, 2.05) is 4.90 Å². The highest BCUT2D eigenvalue weighted by atomic mass is 16.4. The van der Waals surface area contributed by atoms with Crippen LogP contribution in [0.5, 0.6) is 0 Å². The fourth-order valence-corrected chi connectivity index (χ4v) is 2.50. The van der Waals surface area contributed by atoms with Crippen molar-refractivity contribution in [1.82, 2.24) is 0 Å². The van der Waals surface area contributed by atoms with Crippen LogP contribution >= 0.6 is 0 Å². The number of aliphatic carboxylic acids is 1. The van der Waals surface area contributed by atoms with E-state index in [1.54, 1.807) is 0 Å². The van der Waals surface area contributed by atoms with Gasteiger partial charge in [0, 0.05) is 5.97 Å². The number of hydrogen-bond acceptors (Lipinski definition) is 2. The van der Waals surface area contributed by atoms with Crippen LogP contribution in [0.25, 0.3) is 0 Å². The molecule has 1 saturated heterocycles. The van der Waals surface area contributed by atoms with E-state index in [0.29, 0.717) is 0 Å². The topological polar surface area (TPSA) is 44.6 Å². The van der Waals surface area contributed by atoms with Gasteiger partial charge in [0.05, 0.1) is 19.1 Å². The SMILES string of the molecule is CC(=O)[O-].CCCC1CCCC[NH+]1CCC. The van der Waals surface area contributed by atoms with Gasteiger partial charge in [-0.15, -0.1) is 0 Å². The minimum Gasteiger partial charge on any atom is -0.550 e. The molecule has 0 bridgehead atoms. The number of carbonyl (C=O) groups excluding carboxylic acids is 1. The van der Waals surface area contributed by atoms with Gasteiger partial charge >= 0.3 is 0 Å². The van der Waals surface area contributed by atoms with Crippen molar-refractivity contribution >= 4 is 5.97 Å². The average Bonchev–Trinajstić information content (AvgIpc) is 2.21. The third-order valence-corrected chi connectivity index (χ3v) is 3.09. The standard InChI is InChI=1S/C11H23N.C2H4O2/c1-3-7-11-8-5-6-10-12(11)9-4-2;1-2(3)4/h11H,3-10H2,1-2H3;1H3,(H,3,4). The Morgan fingerprint density at radius 1 is 1.31 bits per heavy atom. The number of nitrogens with one attached hydrogen (secondary N) is 1. The van der Waals surface area contributed by atoms with Gasteiger partial charge in [0.25, 0.3) is 0 Å². The number of hydrogen-bond donors (Lipinski definition) is 1. The number of carbonyl (C=O) groups is 1. The maximum Gasteiger partial charge on any atom is 0.0874 e. The first-order valence-corrected chi connectivity index (χ1v) is 6.63. The second kappa shape index (κ2) is 9.64. The largest absolute Gasteiger partial charge is 0.550 e. The summed E-state index contributed by atoms with van der Waals surface area (Å²) in [6.07, 6.45) is 8.62. The maximum atomic E-state index is 8.89. The Morgan fingerprint density at radius 3 is 2.44 bits per heavy atom. The zero-order valence-electron chi connectivity index (χ0n) is 11.1. The van der Waals surface area contributed by atoms with Gasteiger partial charge in [-0.1, -0.05) is 20.3 Å². The summed E-state index contributed by atoms with van der Waals surface area (Å²) in [5.41, 5.74) is 0. The Morgan fingerprint density at radius 2 is 1.94 bits per heavy atom. The summed E-state index contributed by atoms with van der Waals surface area (Å²) in [6, 6.07) is 1.00. The molecule has 3 nitrogen and oxygen atoms in total. The number of rotatable bonds is 4. The van der Waals surface area contributed by atoms with Crippen LogP contribution in [0, 0.1) is 0 Å². The fourth-order valence-electron chi connectivity index (χ4n) is 2.50. The molecule has 16 heavy (non-hydrogen) atoms. The monoisotopic (exact) mass is 229 g/mol. The second-order valence-corrected chi connectivity index (χ2v) is 4.63. The molecule has 0 aromatic heterocycles. The van der Waals surface area contributed by atoms with Crippen molar-refractivity contribution in [2.75, 3.05) is 13.1 Å². The zero-order chi connectivity index (χ0) is 12.4. The molecule has 1 aliphatic rings. The van der Waals surface area contributed by atoms with Crippen molar-refractivity contribution in [3.05, 3.63) is 0 Å². The summed E-state index contributed by atoms with van der Waals surface area (Å²) in [7, 11) is 0. The molecule has 1 N–H and O–H groups in total. The highest BCUT2D eigenvalue weighted by Gasteiger charge is 2.23. The minimum absolute atomic E-state index is 0.972. The van der Waals surface area contributed by atoms with E-state index < -0.39 is 5.97 Å². The fraction of sp³-hybridized carbons (Fsp3) is 0.923. The summed E-state index contributed by atoms with van der Waals surface area (Å²) in [5.74, 6) is -1.08. The van der Waals surface area contributed by atoms with Crippen LogP contribution in [0.15, 0.2) is 0 Å². The van der Waals surface area contributed by atoms with Crippen LogP contribution in [-0.2, 0) is 4.79 Å². The quantitative estimate of drug-likeness (QED) is 0.758. The molecule has 0 aliphatic carbocycles. The van der Waals surface area contributed by atoms with Crippen LogP contribution in [-0.4, -0.2) is 25.1 Å². The lowest BCUT2D eigenvalue weighted by molar-refractivity contribution is -0.931. The third kappa shape index (κ3) is 7.69. The molecular weight excluding hydrogens is 202 g/mol. The highest BCUT2D eigenvalue weighted by Crippen LogP contribution is 2.07. The molecule has 0 aromatic carbocycles. The van der Waals surface area contributed by atoms with Crippen molar-refractivity contribution < 1.29 is 14.8 Å². The highest BCUT2D eigenvalue weighted by molar-refractivity contribution is 5.60. The number of likely N-dealkylation sites (tertiary alicyclic amines) is 1. The lowest BCUT2D eigenvalue weighted by Crippen LogP contribution is -3.16. The number of quaternary nitrogens is 1. The smallest absolute Gasteiger partial charge is 0.0874 e. The predicted octanol–water partition coefficient (Wildman–Crippen LogP) is 0.390. The average molecular weight is 229 g/mol. The molecule has 0 amide bonds. The lowest BCUT2D eigenvalue weighted by Gasteiger charge is -2.32. The first-order valence-electron chi connectivity index (χ1n) is 6.63. The van der Waals surface area contributed by atoms with Crippen LogP contribution in [0.3, 0.4) is 0 Å². The Labute approximate surface area is 99.8 Å². The Kier molecular flexibility index (Phi) is 9.30. The molecule has 0 spiro atoms. The number of carboxylic acid groups (broad SMARTS) is 1. The molecule has 1 heterocycles. The number of piperidine rings is 1. The van der Waals surface area contributed by atoms with Gasteiger partial charge in [-0.3, -0.25) is 0 Å². The van der Waals surface area contributed by atoms with E-state index in [9.17, 15) is 0 Å². The summed E-state index contributed by atoms with van der Waals surface area (Å²) in [5, 5.41) is 8.89. The Balaban J connectivity index is 0.000000487. The molecule has 1 aliphatic heterocycles. The van der Waals surface area contributed by atoms with Crippen molar-refractivity contribution in [2.45, 2.75) is 65.3 Å². The normalized spacial score (nSPS) is 24.4. The van der Waals surface area contributed by atoms with Crippen molar-refractivity contribution in [3.8, 4) is 0 Å². The van der Waals surface area contributed by atoms with Crippen molar-refractivity contribution in [2.24, 2.45) is 0 Å². The van der Waals surface area contributed by atoms with Gasteiger partial charge < -0.3 is 14.8 Å². The Bertz CT molecular complexity index is 161. The van der Waals surface area contributed by atoms with Gasteiger partial charge in [-0.05, 0) is 39.0 Å². The van der Waals surface area contributed by atoms with E-state index in [4.69, 9.17) is 9.90 Å². The van der Waals surface area contributed by atoms with E-state index in [0.717, 1.165) is 13.0 Å². The van der Waals surface area contributed by atoms with Gasteiger partial charge in [-0.25, -0.2) is 0 Å². The molecule has 0 radical (unpaired) electrons. The molecule has 1 fully saturated rings. The molecular formula is C13H27NO2. The van der Waals surface area contributed by atoms with Gasteiger partial charge in [0.1, 0.15) is 0 Å². The maximum absolute atomic E-state index is 8.89. The van der Waals surface area contributed by atoms with Crippen LogP contribution in [0.2, 0.25) is 0 Å². The lowest BCUT2D eigenvalue weighted by atomic mass is 9.98. The summed E-state index contributed by atoms with van der Waals surface area (Å²) in [4.78, 5) is 10.8. The molecule has 96 valence electrons. The molecule has 0 aromatic rings. The second-order valence-electron chi connectivity index (χ2n) is 4.63. The van der Waals surface area contributed by atoms with Crippen molar-refractivity contribution in [3.63, 3.8) is 0 Å². The van der Waals surface area contributed by atoms with Crippen LogP contribution in [0.4, 0.5) is 0 Å². The van der Waals surface area contributed by atoms with Gasteiger partial charge in [0.2, 0.25) is 0 Å². The number of carboxylic acids is 1. The molecule has 0 saturated carbocycles. The van der Waals surface area contributed by atoms with E-state index in [1.165, 1.54) is 51.6 Å². The molecule has 3 heteroatoms. The predicted molar refractivity (Wildman–Crippen MR) is 64.2 cm³/mol. The molecule has 2 atom stereocenters. The van der Waals surface area contributed by atoms with Gasteiger partial charge in [-0.2, -0.15) is 0 Å². The zero-order valence-corrected chi connectivity index (χ0v) is 11.1. The van der Waals surface area contributed by atoms with Crippen LogP contribution < -0.4 is 10.0 Å². The van der Waals surface area contributed by atoms with E-state index >= 15 is 0 Å². The Hall–Kier alpha value is -0.570. The van der Waals surface area contributed by atoms with E-state index in [-0.39, 0.29) is 0 Å². The summed E-state index contributed by atoms with van der Waals surface area (Å²) >= 11 is 0. The van der Waals surface area contributed by atoms with Gasteiger partial charge in [0.15, 0.2) is 0 Å². The molecule has 2 unspecified atom stereocenters. The first kappa shape index (κ1) is 15.4. The van der Waals surface area contributed by atoms with Crippen LogP contribution in [0.1, 0.15) is 59.3 Å². The van der Waals surface area contributed by atoms with Crippen molar-refractivity contribution in [1.29, 1.82) is 0 Å². The summed E-state index contributed by atoms with van der Waals surface area (Å²) in [6.45, 7) is 8.45. The molecule has 1 rings (SSSR count). The first-order chi connectivity index (χ1) is 7.61. The minimum atomic E-state index is -1.08. The summed E-state index contributed by atoms with van der Waals surface area (Å²) < 4.78 is 0.